The minimum atomic E-state index is 0.114. The summed E-state index contributed by atoms with van der Waals surface area (Å²) in [6.07, 6.45) is 2.46. The van der Waals surface area contributed by atoms with Crippen LogP contribution in [0.5, 0.6) is 0 Å². The first-order valence-electron chi connectivity index (χ1n) is 6.68. The molecule has 0 spiro atoms. The Morgan fingerprint density at radius 3 is 2.78 bits per heavy atom. The van der Waals surface area contributed by atoms with Crippen molar-refractivity contribution in [1.29, 1.82) is 0 Å². The summed E-state index contributed by atoms with van der Waals surface area (Å²) in [5, 5.41) is 4.31. The molecular formula is C15H23ClN2. The first-order chi connectivity index (χ1) is 8.48. The normalized spacial score (nSPS) is 23.2. The van der Waals surface area contributed by atoms with Crippen LogP contribution < -0.4 is 10.2 Å². The number of nitrogens with one attached hydrogen (secondary N) is 1. The molecule has 2 rings (SSSR count). The lowest BCUT2D eigenvalue weighted by atomic mass is 9.84. The molecule has 0 amide bonds. The largest absolute Gasteiger partial charge is 0.365 e. The summed E-state index contributed by atoms with van der Waals surface area (Å²) in [6.45, 7) is 7.84. The van der Waals surface area contributed by atoms with Gasteiger partial charge in [0.15, 0.2) is 0 Å². The van der Waals surface area contributed by atoms with Crippen molar-refractivity contribution in [3.05, 3.63) is 28.8 Å². The molecule has 1 aliphatic rings. The van der Waals surface area contributed by atoms with E-state index in [1.54, 1.807) is 0 Å². The highest BCUT2D eigenvalue weighted by Gasteiger charge is 2.38. The van der Waals surface area contributed by atoms with E-state index in [1.807, 2.05) is 12.1 Å². The van der Waals surface area contributed by atoms with Crippen molar-refractivity contribution < 1.29 is 0 Å². The molecular weight excluding hydrogens is 244 g/mol. The molecule has 2 nitrogen and oxygen atoms in total. The van der Waals surface area contributed by atoms with Crippen LogP contribution in [0.3, 0.4) is 0 Å². The molecule has 1 N–H and O–H groups in total. The maximum atomic E-state index is 6.25. The van der Waals surface area contributed by atoms with Gasteiger partial charge in [0, 0.05) is 28.8 Å². The average Bonchev–Trinajstić information content (AvgIpc) is 2.33. The summed E-state index contributed by atoms with van der Waals surface area (Å²) in [7, 11) is 2.06. The van der Waals surface area contributed by atoms with E-state index in [9.17, 15) is 0 Å². The van der Waals surface area contributed by atoms with E-state index in [1.165, 1.54) is 24.1 Å². The van der Waals surface area contributed by atoms with Crippen molar-refractivity contribution in [2.75, 3.05) is 18.5 Å². The average molecular weight is 267 g/mol. The van der Waals surface area contributed by atoms with Crippen molar-refractivity contribution in [2.24, 2.45) is 0 Å². The molecule has 1 aromatic rings. The molecule has 0 saturated carbocycles. The highest BCUT2D eigenvalue weighted by atomic mass is 35.5. The minimum Gasteiger partial charge on any atom is -0.365 e. The Kier molecular flexibility index (Phi) is 3.88. The summed E-state index contributed by atoms with van der Waals surface area (Å²) >= 11 is 6.25. The molecule has 1 unspecified atom stereocenters. The van der Waals surface area contributed by atoms with Gasteiger partial charge in [-0.25, -0.2) is 0 Å². The standard InChI is InChI=1S/C15H23ClN2/c1-11-12(16)7-5-8-13(11)18-10-6-9-14(17-4)15(18,2)3/h5,7-8,14,17H,6,9-10H2,1-4H3. The van der Waals surface area contributed by atoms with Crippen molar-refractivity contribution in [3.63, 3.8) is 0 Å². The number of rotatable bonds is 2. The van der Waals surface area contributed by atoms with Crippen LogP contribution in [0.4, 0.5) is 5.69 Å². The van der Waals surface area contributed by atoms with Gasteiger partial charge in [-0.15, -0.1) is 0 Å². The Morgan fingerprint density at radius 1 is 1.39 bits per heavy atom. The number of hydrogen-bond acceptors (Lipinski definition) is 2. The third-order valence-corrected chi connectivity index (χ3v) is 4.71. The quantitative estimate of drug-likeness (QED) is 0.880. The van der Waals surface area contributed by atoms with Crippen molar-refractivity contribution in [3.8, 4) is 0 Å². The van der Waals surface area contributed by atoms with Crippen LogP contribution in [0.1, 0.15) is 32.3 Å². The summed E-state index contributed by atoms with van der Waals surface area (Å²) in [5.74, 6) is 0. The van der Waals surface area contributed by atoms with Gasteiger partial charge in [0.2, 0.25) is 0 Å². The van der Waals surface area contributed by atoms with Gasteiger partial charge in [-0.1, -0.05) is 17.7 Å². The second-order valence-corrected chi connectivity index (χ2v) is 6.08. The number of likely N-dealkylation sites (N-methyl/N-ethyl adjacent to an activating group) is 1. The number of hydrogen-bond donors (Lipinski definition) is 1. The zero-order valence-corrected chi connectivity index (χ0v) is 12.5. The van der Waals surface area contributed by atoms with Gasteiger partial charge in [0.05, 0.1) is 0 Å². The Labute approximate surface area is 115 Å². The Balaban J connectivity index is 2.40. The lowest BCUT2D eigenvalue weighted by Crippen LogP contribution is -2.60. The predicted molar refractivity (Wildman–Crippen MR) is 79.7 cm³/mol. The van der Waals surface area contributed by atoms with E-state index in [2.05, 4.69) is 44.1 Å². The highest BCUT2D eigenvalue weighted by Crippen LogP contribution is 2.36. The molecule has 0 aromatic heterocycles. The molecule has 1 heterocycles. The van der Waals surface area contributed by atoms with E-state index in [0.717, 1.165) is 11.6 Å². The van der Waals surface area contributed by atoms with Crippen molar-refractivity contribution in [2.45, 2.75) is 45.2 Å². The first kappa shape index (κ1) is 13.7. The van der Waals surface area contributed by atoms with Crippen LogP contribution in [-0.2, 0) is 0 Å². The van der Waals surface area contributed by atoms with Gasteiger partial charge in [-0.3, -0.25) is 0 Å². The fourth-order valence-corrected chi connectivity index (χ4v) is 3.27. The van der Waals surface area contributed by atoms with E-state index in [0.29, 0.717) is 6.04 Å². The zero-order chi connectivity index (χ0) is 13.3. The number of nitrogens with zero attached hydrogens (tertiary/aromatic N) is 1. The number of anilines is 1. The monoisotopic (exact) mass is 266 g/mol. The first-order valence-corrected chi connectivity index (χ1v) is 7.06. The van der Waals surface area contributed by atoms with Crippen LogP contribution >= 0.6 is 11.6 Å². The summed E-state index contributed by atoms with van der Waals surface area (Å²) in [4.78, 5) is 2.50. The lowest BCUT2D eigenvalue weighted by Gasteiger charge is -2.50. The molecule has 18 heavy (non-hydrogen) atoms. The fourth-order valence-electron chi connectivity index (χ4n) is 3.10. The van der Waals surface area contributed by atoms with E-state index >= 15 is 0 Å². The SMILES string of the molecule is CNC1CCCN(c2cccc(Cl)c2C)C1(C)C. The second-order valence-electron chi connectivity index (χ2n) is 5.67. The molecule has 3 heteroatoms. The molecule has 1 aliphatic heterocycles. The van der Waals surface area contributed by atoms with E-state index < -0.39 is 0 Å². The minimum absolute atomic E-state index is 0.114. The zero-order valence-electron chi connectivity index (χ0n) is 11.8. The van der Waals surface area contributed by atoms with Gasteiger partial charge in [0.25, 0.3) is 0 Å². The maximum absolute atomic E-state index is 6.25. The third kappa shape index (κ3) is 2.24. The van der Waals surface area contributed by atoms with Crippen molar-refractivity contribution >= 4 is 17.3 Å². The van der Waals surface area contributed by atoms with Gasteiger partial charge in [0.1, 0.15) is 0 Å². The van der Waals surface area contributed by atoms with E-state index in [-0.39, 0.29) is 5.54 Å². The lowest BCUT2D eigenvalue weighted by molar-refractivity contribution is 0.275. The van der Waals surface area contributed by atoms with Crippen LogP contribution in [-0.4, -0.2) is 25.2 Å². The van der Waals surface area contributed by atoms with Crippen molar-refractivity contribution in [1.82, 2.24) is 5.32 Å². The van der Waals surface area contributed by atoms with E-state index in [4.69, 9.17) is 11.6 Å². The molecule has 1 fully saturated rings. The van der Waals surface area contributed by atoms with Gasteiger partial charge in [-0.05, 0) is 58.4 Å². The highest BCUT2D eigenvalue weighted by molar-refractivity contribution is 6.31. The van der Waals surface area contributed by atoms with Gasteiger partial charge < -0.3 is 10.2 Å². The van der Waals surface area contributed by atoms with Crippen LogP contribution in [0.15, 0.2) is 18.2 Å². The predicted octanol–water partition coefficient (Wildman–Crippen LogP) is 3.62. The molecule has 1 saturated heterocycles. The Morgan fingerprint density at radius 2 is 2.11 bits per heavy atom. The van der Waals surface area contributed by atoms with Gasteiger partial charge in [-0.2, -0.15) is 0 Å². The number of halogens is 1. The fraction of sp³-hybridized carbons (Fsp3) is 0.600. The molecule has 1 atom stereocenters. The van der Waals surface area contributed by atoms with Gasteiger partial charge >= 0.3 is 0 Å². The summed E-state index contributed by atoms with van der Waals surface area (Å²) in [6, 6.07) is 6.71. The smallest absolute Gasteiger partial charge is 0.0498 e. The number of piperidine rings is 1. The molecule has 0 bridgehead atoms. The third-order valence-electron chi connectivity index (χ3n) is 4.30. The van der Waals surface area contributed by atoms with Crippen LogP contribution in [0.25, 0.3) is 0 Å². The molecule has 100 valence electrons. The maximum Gasteiger partial charge on any atom is 0.0498 e. The molecule has 0 radical (unpaired) electrons. The summed E-state index contributed by atoms with van der Waals surface area (Å²) < 4.78 is 0. The second kappa shape index (κ2) is 5.10. The topological polar surface area (TPSA) is 15.3 Å². The van der Waals surface area contributed by atoms with Crippen LogP contribution in [0, 0.1) is 6.92 Å². The Bertz CT molecular complexity index is 429. The molecule has 0 aliphatic carbocycles. The molecule has 1 aromatic carbocycles. The Hall–Kier alpha value is -0.730. The summed E-state index contributed by atoms with van der Waals surface area (Å²) in [5.41, 5.74) is 2.57. The van der Waals surface area contributed by atoms with Crippen LogP contribution in [0.2, 0.25) is 5.02 Å². The number of benzene rings is 1.